The molecule has 0 heterocycles. The molecule has 0 bridgehead atoms. The summed E-state index contributed by atoms with van der Waals surface area (Å²) in [5.41, 5.74) is 1.84. The van der Waals surface area contributed by atoms with Crippen LogP contribution in [0.2, 0.25) is 0 Å². The highest BCUT2D eigenvalue weighted by Crippen LogP contribution is 2.19. The van der Waals surface area contributed by atoms with Crippen LogP contribution >= 0.6 is 0 Å². The summed E-state index contributed by atoms with van der Waals surface area (Å²) in [7, 11) is 1.42. The third kappa shape index (κ3) is 6.43. The molecule has 2 nitrogen and oxygen atoms in total. The molecular formula is C16H26O2. The topological polar surface area (TPSA) is 26.3 Å². The van der Waals surface area contributed by atoms with E-state index in [0.29, 0.717) is 5.92 Å². The smallest absolute Gasteiger partial charge is 0.333 e. The van der Waals surface area contributed by atoms with Crippen molar-refractivity contribution in [2.75, 3.05) is 7.11 Å². The molecule has 0 rings (SSSR count). The maximum atomic E-state index is 11.4. The van der Waals surface area contributed by atoms with Gasteiger partial charge in [-0.05, 0) is 46.0 Å². The molecule has 0 aromatic heterocycles. The van der Waals surface area contributed by atoms with E-state index in [9.17, 15) is 4.79 Å². The average Bonchev–Trinajstić information content (AvgIpc) is 2.39. The number of allylic oxidation sites excluding steroid dienone is 5. The van der Waals surface area contributed by atoms with Crippen LogP contribution < -0.4 is 0 Å². The Morgan fingerprint density at radius 2 is 1.78 bits per heavy atom. The lowest BCUT2D eigenvalue weighted by Crippen LogP contribution is -2.07. The van der Waals surface area contributed by atoms with Crippen LogP contribution in [0.1, 0.15) is 47.0 Å². The molecule has 0 aliphatic rings. The van der Waals surface area contributed by atoms with Crippen LogP contribution in [0, 0.1) is 5.92 Å². The van der Waals surface area contributed by atoms with Crippen molar-refractivity contribution < 1.29 is 9.53 Å². The number of methoxy groups -OCH3 is 1. The lowest BCUT2D eigenvalue weighted by Gasteiger charge is -2.12. The predicted octanol–water partition coefficient (Wildman–Crippen LogP) is 4.43. The van der Waals surface area contributed by atoms with Gasteiger partial charge in [0.25, 0.3) is 0 Å². The summed E-state index contributed by atoms with van der Waals surface area (Å²) < 4.78 is 4.73. The van der Waals surface area contributed by atoms with Crippen LogP contribution in [0.25, 0.3) is 0 Å². The lowest BCUT2D eigenvalue weighted by atomic mass is 9.94. The molecule has 1 unspecified atom stereocenters. The van der Waals surface area contributed by atoms with Gasteiger partial charge in [0, 0.05) is 5.57 Å². The van der Waals surface area contributed by atoms with Crippen molar-refractivity contribution in [2.24, 2.45) is 5.92 Å². The molecule has 0 radical (unpaired) electrons. The Morgan fingerprint density at radius 3 is 2.33 bits per heavy atom. The Hall–Kier alpha value is -1.31. The van der Waals surface area contributed by atoms with Gasteiger partial charge in [-0.2, -0.15) is 0 Å². The van der Waals surface area contributed by atoms with E-state index in [1.165, 1.54) is 7.11 Å². The second-order valence-corrected chi connectivity index (χ2v) is 4.55. The van der Waals surface area contributed by atoms with Gasteiger partial charge in [0.15, 0.2) is 0 Å². The number of hydrogen-bond acceptors (Lipinski definition) is 2. The van der Waals surface area contributed by atoms with Crippen LogP contribution in [0.3, 0.4) is 0 Å². The maximum Gasteiger partial charge on any atom is 0.333 e. The summed E-state index contributed by atoms with van der Waals surface area (Å²) in [5.74, 6) is 0.151. The van der Waals surface area contributed by atoms with Crippen molar-refractivity contribution in [3.05, 3.63) is 35.5 Å². The van der Waals surface area contributed by atoms with E-state index in [4.69, 9.17) is 4.74 Å². The molecule has 0 N–H and O–H groups in total. The first kappa shape index (κ1) is 16.7. The number of unbranched alkanes of at least 4 members (excludes halogenated alkanes) is 1. The van der Waals surface area contributed by atoms with Gasteiger partial charge < -0.3 is 4.74 Å². The monoisotopic (exact) mass is 250 g/mol. The fourth-order valence-corrected chi connectivity index (χ4v) is 1.64. The second kappa shape index (κ2) is 9.69. The fraction of sp³-hybridized carbons (Fsp3) is 0.562. The zero-order chi connectivity index (χ0) is 14.0. The van der Waals surface area contributed by atoms with E-state index in [0.717, 1.165) is 30.4 Å². The minimum absolute atomic E-state index is 0.226. The number of carbonyl (C=O) groups is 1. The number of ether oxygens (including phenoxy) is 1. The van der Waals surface area contributed by atoms with Gasteiger partial charge in [0.1, 0.15) is 0 Å². The molecule has 18 heavy (non-hydrogen) atoms. The van der Waals surface area contributed by atoms with Crippen molar-refractivity contribution in [3.8, 4) is 0 Å². The first-order chi connectivity index (χ1) is 8.54. The summed E-state index contributed by atoms with van der Waals surface area (Å²) in [6.45, 7) is 8.01. The first-order valence-electron chi connectivity index (χ1n) is 6.56. The molecule has 0 amide bonds. The van der Waals surface area contributed by atoms with Gasteiger partial charge in [0.05, 0.1) is 7.11 Å². The van der Waals surface area contributed by atoms with Crippen molar-refractivity contribution >= 4 is 5.97 Å². The van der Waals surface area contributed by atoms with Gasteiger partial charge in [-0.15, -0.1) is 0 Å². The van der Waals surface area contributed by atoms with Crippen LogP contribution in [0.5, 0.6) is 0 Å². The van der Waals surface area contributed by atoms with E-state index in [1.54, 1.807) is 0 Å². The molecule has 0 aromatic rings. The zero-order valence-corrected chi connectivity index (χ0v) is 12.3. The summed E-state index contributed by atoms with van der Waals surface area (Å²) in [6, 6.07) is 0. The first-order valence-corrected chi connectivity index (χ1v) is 6.56. The summed E-state index contributed by atoms with van der Waals surface area (Å²) in [4.78, 5) is 11.4. The fourth-order valence-electron chi connectivity index (χ4n) is 1.64. The molecule has 0 aliphatic heterocycles. The highest BCUT2D eigenvalue weighted by Gasteiger charge is 2.11. The zero-order valence-electron chi connectivity index (χ0n) is 12.3. The molecule has 0 saturated heterocycles. The minimum Gasteiger partial charge on any atom is -0.466 e. The minimum atomic E-state index is -0.226. The predicted molar refractivity (Wildman–Crippen MR) is 77.4 cm³/mol. The van der Waals surface area contributed by atoms with E-state index in [1.807, 2.05) is 20.8 Å². The molecule has 0 saturated carbocycles. The van der Waals surface area contributed by atoms with Gasteiger partial charge in [-0.3, -0.25) is 0 Å². The van der Waals surface area contributed by atoms with E-state index >= 15 is 0 Å². The largest absolute Gasteiger partial charge is 0.466 e. The quantitative estimate of drug-likeness (QED) is 0.289. The molecule has 0 spiro atoms. The Bertz CT molecular complexity index is 335. The van der Waals surface area contributed by atoms with Gasteiger partial charge in [0.2, 0.25) is 0 Å². The Labute approximate surface area is 111 Å². The standard InChI is InChI=1S/C16H26O2/c1-6-7-8-9-10-11-12-13(2)14(3)15(4)16(17)18-5/h6-7,10-11,13H,8-9,12H2,1-5H3/b7-6+,11-10+,15-14+. The van der Waals surface area contributed by atoms with Crippen LogP contribution in [-0.2, 0) is 9.53 Å². The highest BCUT2D eigenvalue weighted by molar-refractivity contribution is 5.88. The highest BCUT2D eigenvalue weighted by atomic mass is 16.5. The summed E-state index contributed by atoms with van der Waals surface area (Å²) in [6.07, 6.45) is 11.8. The van der Waals surface area contributed by atoms with Crippen LogP contribution in [0.15, 0.2) is 35.5 Å². The van der Waals surface area contributed by atoms with Gasteiger partial charge in [-0.25, -0.2) is 4.79 Å². The number of carbonyl (C=O) groups excluding carboxylic acids is 1. The van der Waals surface area contributed by atoms with E-state index in [2.05, 4.69) is 31.2 Å². The molecule has 1 atom stereocenters. The molecule has 0 fully saturated rings. The van der Waals surface area contributed by atoms with Crippen LogP contribution in [0.4, 0.5) is 0 Å². The summed E-state index contributed by atoms with van der Waals surface area (Å²) >= 11 is 0. The Morgan fingerprint density at radius 1 is 1.17 bits per heavy atom. The number of hydrogen-bond donors (Lipinski definition) is 0. The maximum absolute atomic E-state index is 11.4. The van der Waals surface area contributed by atoms with Crippen molar-refractivity contribution in [1.82, 2.24) is 0 Å². The third-order valence-electron chi connectivity index (χ3n) is 3.21. The Balaban J connectivity index is 4.24. The van der Waals surface area contributed by atoms with Crippen LogP contribution in [-0.4, -0.2) is 13.1 Å². The van der Waals surface area contributed by atoms with Gasteiger partial charge in [-0.1, -0.05) is 36.8 Å². The van der Waals surface area contributed by atoms with Crippen molar-refractivity contribution in [1.29, 1.82) is 0 Å². The van der Waals surface area contributed by atoms with Crippen molar-refractivity contribution in [3.63, 3.8) is 0 Å². The molecule has 102 valence electrons. The van der Waals surface area contributed by atoms with E-state index < -0.39 is 0 Å². The average molecular weight is 250 g/mol. The molecule has 2 heteroatoms. The molecule has 0 aliphatic carbocycles. The normalized spacial score (nSPS) is 14.9. The molecule has 0 aromatic carbocycles. The number of rotatable bonds is 7. The lowest BCUT2D eigenvalue weighted by molar-refractivity contribution is -0.136. The van der Waals surface area contributed by atoms with E-state index in [-0.39, 0.29) is 5.97 Å². The summed E-state index contributed by atoms with van der Waals surface area (Å²) in [5, 5.41) is 0. The van der Waals surface area contributed by atoms with Crippen molar-refractivity contribution in [2.45, 2.75) is 47.0 Å². The SMILES string of the molecule is C/C=C/CC/C=C/CC(C)/C(C)=C(\C)C(=O)OC. The number of esters is 1. The second-order valence-electron chi connectivity index (χ2n) is 4.55. The van der Waals surface area contributed by atoms with Gasteiger partial charge >= 0.3 is 5.97 Å². The third-order valence-corrected chi connectivity index (χ3v) is 3.21. The molecular weight excluding hydrogens is 224 g/mol. The Kier molecular flexibility index (Phi) is 8.99.